The fourth-order valence-electron chi connectivity index (χ4n) is 3.92. The van der Waals surface area contributed by atoms with Crippen molar-refractivity contribution in [1.29, 1.82) is 0 Å². The number of halogens is 1. The summed E-state index contributed by atoms with van der Waals surface area (Å²) in [5, 5.41) is 3.91. The normalized spacial score (nSPS) is 15.7. The monoisotopic (exact) mass is 517 g/mol. The number of nitrogens with one attached hydrogen (secondary N) is 1. The Bertz CT molecular complexity index is 1390. The topological polar surface area (TPSA) is 79.4 Å². The molecule has 1 amide bonds. The number of nitrogens with zero attached hydrogens (tertiary/aromatic N) is 2. The zero-order chi connectivity index (χ0) is 23.0. The molecule has 1 fully saturated rings. The van der Waals surface area contributed by atoms with E-state index in [0.29, 0.717) is 36.0 Å². The summed E-state index contributed by atoms with van der Waals surface area (Å²) < 4.78 is 28.8. The lowest BCUT2D eigenvalue weighted by molar-refractivity contribution is -0.120. The minimum atomic E-state index is -3.58. The third-order valence-electron chi connectivity index (χ3n) is 5.68. The second kappa shape index (κ2) is 9.15. The Morgan fingerprint density at radius 1 is 1.00 bits per heavy atom. The molecule has 3 heterocycles. The van der Waals surface area contributed by atoms with E-state index in [-0.39, 0.29) is 16.0 Å². The third-order valence-corrected chi connectivity index (χ3v) is 10.3. The summed E-state index contributed by atoms with van der Waals surface area (Å²) in [5.41, 5.74) is 2.52. The average Bonchev–Trinajstić information content (AvgIpc) is 3.46. The van der Waals surface area contributed by atoms with Crippen LogP contribution in [0.4, 0.5) is 5.69 Å². The predicted molar refractivity (Wildman–Crippen MR) is 134 cm³/mol. The number of para-hydroxylation sites is 2. The highest BCUT2D eigenvalue weighted by Gasteiger charge is 2.33. The zero-order valence-corrected chi connectivity index (χ0v) is 20.6. The molecule has 0 unspecified atom stereocenters. The highest BCUT2D eigenvalue weighted by atomic mass is 35.5. The van der Waals surface area contributed by atoms with Crippen LogP contribution in [0.15, 0.2) is 64.9 Å². The standard InChI is InChI=1S/C23H20ClN3O3S3/c24-20-9-10-21(32-20)33(29,30)27-13-11-15(12-14-27)22(28)25-17-6-2-1-5-16(17)23-26-18-7-3-4-8-19(18)31-23/h1-10,15H,11-14H2,(H,25,28). The highest BCUT2D eigenvalue weighted by molar-refractivity contribution is 7.91. The van der Waals surface area contributed by atoms with E-state index in [0.717, 1.165) is 32.1 Å². The second-order valence-corrected chi connectivity index (χ2v) is 12.7. The van der Waals surface area contributed by atoms with Gasteiger partial charge in [0.05, 0.1) is 20.2 Å². The number of thiophene rings is 1. The predicted octanol–water partition coefficient (Wildman–Crippen LogP) is 5.72. The molecular formula is C23H20ClN3O3S3. The van der Waals surface area contributed by atoms with Crippen LogP contribution in [0, 0.1) is 5.92 Å². The maximum absolute atomic E-state index is 13.0. The maximum Gasteiger partial charge on any atom is 0.252 e. The van der Waals surface area contributed by atoms with Crippen molar-refractivity contribution in [2.24, 2.45) is 5.92 Å². The van der Waals surface area contributed by atoms with Crippen molar-refractivity contribution < 1.29 is 13.2 Å². The van der Waals surface area contributed by atoms with Gasteiger partial charge in [-0.15, -0.1) is 22.7 Å². The largest absolute Gasteiger partial charge is 0.325 e. The molecule has 33 heavy (non-hydrogen) atoms. The molecule has 6 nitrogen and oxygen atoms in total. The number of amides is 1. The van der Waals surface area contributed by atoms with Gasteiger partial charge in [-0.05, 0) is 49.2 Å². The van der Waals surface area contributed by atoms with Gasteiger partial charge in [0.25, 0.3) is 10.0 Å². The number of carbonyl (C=O) groups is 1. The van der Waals surface area contributed by atoms with E-state index >= 15 is 0 Å². The first-order valence-electron chi connectivity index (χ1n) is 10.4. The van der Waals surface area contributed by atoms with Crippen molar-refractivity contribution in [3.63, 3.8) is 0 Å². The van der Waals surface area contributed by atoms with E-state index < -0.39 is 10.0 Å². The Kier molecular flexibility index (Phi) is 6.24. The van der Waals surface area contributed by atoms with Crippen LogP contribution in [0.2, 0.25) is 4.34 Å². The maximum atomic E-state index is 13.0. The van der Waals surface area contributed by atoms with Crippen LogP contribution in [0.1, 0.15) is 12.8 Å². The molecule has 0 atom stereocenters. The molecule has 1 N–H and O–H groups in total. The van der Waals surface area contributed by atoms with Gasteiger partial charge >= 0.3 is 0 Å². The summed E-state index contributed by atoms with van der Waals surface area (Å²) in [7, 11) is -3.58. The van der Waals surface area contributed by atoms with Crippen molar-refractivity contribution in [1.82, 2.24) is 9.29 Å². The molecule has 0 bridgehead atoms. The lowest BCUT2D eigenvalue weighted by Gasteiger charge is -2.30. The average molecular weight is 518 g/mol. The van der Waals surface area contributed by atoms with Crippen molar-refractivity contribution in [2.75, 3.05) is 18.4 Å². The second-order valence-electron chi connectivity index (χ2n) is 7.76. The molecule has 0 radical (unpaired) electrons. The van der Waals surface area contributed by atoms with Gasteiger partial charge in [-0.3, -0.25) is 4.79 Å². The minimum absolute atomic E-state index is 0.0974. The van der Waals surface area contributed by atoms with Gasteiger partial charge in [0.15, 0.2) is 0 Å². The van der Waals surface area contributed by atoms with Gasteiger partial charge in [-0.2, -0.15) is 4.31 Å². The van der Waals surface area contributed by atoms with Gasteiger partial charge in [-0.1, -0.05) is 35.9 Å². The molecule has 10 heteroatoms. The molecule has 170 valence electrons. The lowest BCUT2D eigenvalue weighted by Crippen LogP contribution is -2.41. The number of sulfonamides is 1. The molecule has 0 spiro atoms. The van der Waals surface area contributed by atoms with Crippen LogP contribution in [0.3, 0.4) is 0 Å². The number of hydrogen-bond acceptors (Lipinski definition) is 6. The number of hydrogen-bond donors (Lipinski definition) is 1. The Morgan fingerprint density at radius 3 is 2.45 bits per heavy atom. The third kappa shape index (κ3) is 4.56. The van der Waals surface area contributed by atoms with Crippen LogP contribution in [-0.2, 0) is 14.8 Å². The number of thiazole rings is 1. The van der Waals surface area contributed by atoms with Crippen molar-refractivity contribution in [3.05, 3.63) is 65.0 Å². The first-order valence-corrected chi connectivity index (χ1v) is 13.9. The molecule has 0 aliphatic carbocycles. The number of piperidine rings is 1. The van der Waals surface area contributed by atoms with Crippen LogP contribution in [-0.4, -0.2) is 36.7 Å². The van der Waals surface area contributed by atoms with E-state index in [2.05, 4.69) is 5.32 Å². The fourth-order valence-corrected chi connectivity index (χ4v) is 8.03. The summed E-state index contributed by atoms with van der Waals surface area (Å²) in [4.78, 5) is 17.8. The summed E-state index contributed by atoms with van der Waals surface area (Å²) in [5.74, 6) is -0.355. The number of anilines is 1. The van der Waals surface area contributed by atoms with Crippen LogP contribution in [0.5, 0.6) is 0 Å². The Labute approximate surface area is 204 Å². The van der Waals surface area contributed by atoms with E-state index in [1.165, 1.54) is 10.4 Å². The lowest BCUT2D eigenvalue weighted by atomic mass is 9.97. The molecule has 2 aromatic carbocycles. The number of benzene rings is 2. The van der Waals surface area contributed by atoms with Gasteiger partial charge in [0.1, 0.15) is 9.22 Å². The Balaban J connectivity index is 1.29. The first kappa shape index (κ1) is 22.5. The van der Waals surface area contributed by atoms with Gasteiger partial charge in [0, 0.05) is 24.6 Å². The smallest absolute Gasteiger partial charge is 0.252 e. The molecule has 0 saturated carbocycles. The van der Waals surface area contributed by atoms with Gasteiger partial charge < -0.3 is 5.32 Å². The summed E-state index contributed by atoms with van der Waals surface area (Å²) in [6, 6.07) is 18.7. The van der Waals surface area contributed by atoms with Crippen LogP contribution in [0.25, 0.3) is 20.8 Å². The molecular weight excluding hydrogens is 498 g/mol. The first-order chi connectivity index (χ1) is 15.9. The van der Waals surface area contributed by atoms with Crippen molar-refractivity contribution in [2.45, 2.75) is 17.1 Å². The van der Waals surface area contributed by atoms with E-state index in [1.54, 1.807) is 17.4 Å². The Morgan fingerprint density at radius 2 is 1.73 bits per heavy atom. The number of aromatic nitrogens is 1. The quantitative estimate of drug-likeness (QED) is 0.367. The highest BCUT2D eigenvalue weighted by Crippen LogP contribution is 2.35. The van der Waals surface area contributed by atoms with Crippen LogP contribution >= 0.6 is 34.3 Å². The molecule has 2 aromatic heterocycles. The van der Waals surface area contributed by atoms with Gasteiger partial charge in [0.2, 0.25) is 5.91 Å². The van der Waals surface area contributed by atoms with Crippen molar-refractivity contribution >= 4 is 66.1 Å². The summed E-state index contributed by atoms with van der Waals surface area (Å²) in [6.45, 7) is 0.602. The van der Waals surface area contributed by atoms with E-state index in [1.807, 2.05) is 48.5 Å². The SMILES string of the molecule is O=C(Nc1ccccc1-c1nc2ccccc2s1)C1CCN(S(=O)(=O)c2ccc(Cl)s2)CC1. The molecule has 1 aliphatic rings. The molecule has 1 aliphatic heterocycles. The minimum Gasteiger partial charge on any atom is -0.325 e. The van der Waals surface area contributed by atoms with E-state index in [9.17, 15) is 13.2 Å². The van der Waals surface area contributed by atoms with Gasteiger partial charge in [-0.25, -0.2) is 13.4 Å². The summed E-state index contributed by atoms with van der Waals surface area (Å²) in [6.07, 6.45) is 0.931. The summed E-state index contributed by atoms with van der Waals surface area (Å²) >= 11 is 8.54. The van der Waals surface area contributed by atoms with E-state index in [4.69, 9.17) is 16.6 Å². The number of carbonyl (C=O) groups excluding carboxylic acids is 1. The van der Waals surface area contributed by atoms with Crippen molar-refractivity contribution in [3.8, 4) is 10.6 Å². The molecule has 4 aromatic rings. The zero-order valence-electron chi connectivity index (χ0n) is 17.4. The molecule has 1 saturated heterocycles. The number of rotatable bonds is 5. The number of fused-ring (bicyclic) bond motifs is 1. The Hall–Kier alpha value is -2.30. The van der Waals surface area contributed by atoms with Crippen LogP contribution < -0.4 is 5.32 Å². The fraction of sp³-hybridized carbons (Fsp3) is 0.217. The molecule has 5 rings (SSSR count).